The number of halogens is 1. The first-order valence-corrected chi connectivity index (χ1v) is 8.01. The van der Waals surface area contributed by atoms with Crippen molar-refractivity contribution in [3.8, 4) is 5.75 Å². The normalized spacial score (nSPS) is 11.0. The Labute approximate surface area is 135 Å². The van der Waals surface area contributed by atoms with E-state index in [4.69, 9.17) is 10.5 Å². The van der Waals surface area contributed by atoms with Crippen molar-refractivity contribution in [3.05, 3.63) is 63.1 Å². The average molecular weight is 348 g/mol. The molecule has 0 aromatic heterocycles. The summed E-state index contributed by atoms with van der Waals surface area (Å²) in [5.74, 6) is 1.39. The van der Waals surface area contributed by atoms with E-state index >= 15 is 0 Å². The number of ether oxygens (including phenoxy) is 1. The Hall–Kier alpha value is -1.32. The molecule has 0 fully saturated rings. The molecule has 112 valence electrons. The highest BCUT2D eigenvalue weighted by Crippen LogP contribution is 2.32. The molecule has 0 atom stereocenters. The molecule has 0 amide bonds. The summed E-state index contributed by atoms with van der Waals surface area (Å²) < 4.78 is 7.17. The van der Waals surface area contributed by atoms with Crippen LogP contribution in [-0.2, 0) is 13.2 Å². The molecule has 0 aliphatic rings. The molecule has 2 aromatic rings. The zero-order valence-corrected chi connectivity index (χ0v) is 14.4. The lowest BCUT2D eigenvalue weighted by Gasteiger charge is -2.16. The summed E-state index contributed by atoms with van der Waals surface area (Å²) in [6, 6.07) is 12.5. The first-order valence-electron chi connectivity index (χ1n) is 7.22. The van der Waals surface area contributed by atoms with Gasteiger partial charge in [0.1, 0.15) is 12.4 Å². The molecule has 0 bridgehead atoms. The lowest BCUT2D eigenvalue weighted by atomic mass is 10.0. The van der Waals surface area contributed by atoms with Crippen LogP contribution in [0.1, 0.15) is 42.0 Å². The molecule has 2 aromatic carbocycles. The maximum atomic E-state index is 6.04. The maximum Gasteiger partial charge on any atom is 0.123 e. The molecule has 0 heterocycles. The highest BCUT2D eigenvalue weighted by Gasteiger charge is 2.11. The monoisotopic (exact) mass is 347 g/mol. The summed E-state index contributed by atoms with van der Waals surface area (Å²) in [5, 5.41) is 0. The van der Waals surface area contributed by atoms with Gasteiger partial charge in [0.25, 0.3) is 0 Å². The van der Waals surface area contributed by atoms with Crippen LogP contribution in [0.3, 0.4) is 0 Å². The molecule has 21 heavy (non-hydrogen) atoms. The summed E-state index contributed by atoms with van der Waals surface area (Å²) in [7, 11) is 0. The molecule has 3 heteroatoms. The first-order chi connectivity index (χ1) is 10.0. The van der Waals surface area contributed by atoms with Gasteiger partial charge in [0.15, 0.2) is 0 Å². The zero-order valence-electron chi connectivity index (χ0n) is 12.8. The Morgan fingerprint density at radius 3 is 2.29 bits per heavy atom. The van der Waals surface area contributed by atoms with Gasteiger partial charge in [-0.05, 0) is 47.2 Å². The van der Waals surface area contributed by atoms with Crippen molar-refractivity contribution in [2.24, 2.45) is 5.73 Å². The van der Waals surface area contributed by atoms with Gasteiger partial charge in [-0.1, -0.05) is 54.0 Å². The van der Waals surface area contributed by atoms with Gasteiger partial charge in [0.2, 0.25) is 0 Å². The first kappa shape index (κ1) is 16.1. The topological polar surface area (TPSA) is 35.2 Å². The van der Waals surface area contributed by atoms with Gasteiger partial charge in [0, 0.05) is 11.0 Å². The Morgan fingerprint density at radius 2 is 1.71 bits per heavy atom. The van der Waals surface area contributed by atoms with Gasteiger partial charge >= 0.3 is 0 Å². The van der Waals surface area contributed by atoms with Gasteiger partial charge < -0.3 is 10.5 Å². The van der Waals surface area contributed by atoms with E-state index in [1.165, 1.54) is 11.1 Å². The minimum atomic E-state index is 0.427. The van der Waals surface area contributed by atoms with Gasteiger partial charge in [-0.3, -0.25) is 0 Å². The molecule has 2 nitrogen and oxygen atoms in total. The third kappa shape index (κ3) is 4.08. The van der Waals surface area contributed by atoms with Crippen LogP contribution in [0.25, 0.3) is 0 Å². The van der Waals surface area contributed by atoms with Crippen LogP contribution in [0, 0.1) is 6.92 Å². The van der Waals surface area contributed by atoms with Gasteiger partial charge in [-0.15, -0.1) is 0 Å². The Morgan fingerprint density at radius 1 is 1.10 bits per heavy atom. The van der Waals surface area contributed by atoms with E-state index in [1.807, 2.05) is 0 Å². The highest BCUT2D eigenvalue weighted by molar-refractivity contribution is 9.10. The van der Waals surface area contributed by atoms with Crippen molar-refractivity contribution >= 4 is 15.9 Å². The Kier molecular flexibility index (Phi) is 5.43. The molecule has 0 saturated heterocycles. The third-order valence-corrected chi connectivity index (χ3v) is 4.42. The third-order valence-electron chi connectivity index (χ3n) is 3.57. The zero-order chi connectivity index (χ0) is 15.4. The van der Waals surface area contributed by atoms with E-state index in [2.05, 4.69) is 73.1 Å². The predicted molar refractivity (Wildman–Crippen MR) is 91.6 cm³/mol. The number of rotatable bonds is 5. The fourth-order valence-corrected chi connectivity index (χ4v) is 2.54. The second-order valence-electron chi connectivity index (χ2n) is 5.60. The Balaban J connectivity index is 2.16. The molecule has 2 N–H and O–H groups in total. The fourth-order valence-electron chi connectivity index (χ4n) is 2.18. The number of benzene rings is 2. The average Bonchev–Trinajstić information content (AvgIpc) is 2.48. The quantitative estimate of drug-likeness (QED) is 0.832. The lowest BCUT2D eigenvalue weighted by molar-refractivity contribution is 0.301. The van der Waals surface area contributed by atoms with E-state index in [-0.39, 0.29) is 0 Å². The molecule has 0 spiro atoms. The van der Waals surface area contributed by atoms with Crippen LogP contribution in [0.2, 0.25) is 0 Å². The molecule has 0 aliphatic heterocycles. The van der Waals surface area contributed by atoms with Gasteiger partial charge in [-0.25, -0.2) is 0 Å². The van der Waals surface area contributed by atoms with Crippen LogP contribution in [0.15, 0.2) is 40.9 Å². The minimum Gasteiger partial charge on any atom is -0.489 e. The Bertz CT molecular complexity index is 605. The van der Waals surface area contributed by atoms with E-state index in [0.717, 1.165) is 21.3 Å². The van der Waals surface area contributed by atoms with Crippen LogP contribution in [-0.4, -0.2) is 0 Å². The largest absolute Gasteiger partial charge is 0.489 e. The van der Waals surface area contributed by atoms with Crippen molar-refractivity contribution in [1.82, 2.24) is 0 Å². The number of aryl methyl sites for hydroxylation is 1. The standard InChI is InChI=1S/C18H22BrNO/c1-12(2)16-9-17(19)13(3)8-18(16)21-11-15-6-4-14(10-20)5-7-15/h4-9,12H,10-11,20H2,1-3H3. The molecular formula is C18H22BrNO. The fraction of sp³-hybridized carbons (Fsp3) is 0.333. The smallest absolute Gasteiger partial charge is 0.123 e. The van der Waals surface area contributed by atoms with Crippen molar-refractivity contribution < 1.29 is 4.74 Å². The highest BCUT2D eigenvalue weighted by atomic mass is 79.9. The summed E-state index contributed by atoms with van der Waals surface area (Å²) >= 11 is 3.59. The molecule has 0 saturated carbocycles. The molecule has 0 radical (unpaired) electrons. The SMILES string of the molecule is Cc1cc(OCc2ccc(CN)cc2)c(C(C)C)cc1Br. The number of nitrogens with two attached hydrogens (primary N) is 1. The van der Waals surface area contributed by atoms with Crippen LogP contribution >= 0.6 is 15.9 Å². The van der Waals surface area contributed by atoms with Crippen LogP contribution < -0.4 is 10.5 Å². The van der Waals surface area contributed by atoms with Crippen molar-refractivity contribution in [2.75, 3.05) is 0 Å². The molecule has 0 aliphatic carbocycles. The number of hydrogen-bond acceptors (Lipinski definition) is 2. The van der Waals surface area contributed by atoms with Gasteiger partial charge in [0.05, 0.1) is 0 Å². The summed E-state index contributed by atoms with van der Waals surface area (Å²) in [5.41, 5.74) is 10.3. The summed E-state index contributed by atoms with van der Waals surface area (Å²) in [4.78, 5) is 0. The summed E-state index contributed by atoms with van der Waals surface area (Å²) in [6.45, 7) is 7.59. The van der Waals surface area contributed by atoms with Crippen LogP contribution in [0.4, 0.5) is 0 Å². The number of hydrogen-bond donors (Lipinski definition) is 1. The predicted octanol–water partition coefficient (Wildman–Crippen LogP) is 4.92. The van der Waals surface area contributed by atoms with E-state index in [9.17, 15) is 0 Å². The minimum absolute atomic E-state index is 0.427. The molecular weight excluding hydrogens is 326 g/mol. The van der Waals surface area contributed by atoms with E-state index in [1.54, 1.807) is 0 Å². The molecule has 0 unspecified atom stereocenters. The van der Waals surface area contributed by atoms with Crippen LogP contribution in [0.5, 0.6) is 5.75 Å². The van der Waals surface area contributed by atoms with Crippen molar-refractivity contribution in [3.63, 3.8) is 0 Å². The lowest BCUT2D eigenvalue weighted by Crippen LogP contribution is -2.02. The van der Waals surface area contributed by atoms with E-state index < -0.39 is 0 Å². The maximum absolute atomic E-state index is 6.04. The molecule has 2 rings (SSSR count). The second-order valence-corrected chi connectivity index (χ2v) is 6.46. The second kappa shape index (κ2) is 7.10. The van der Waals surface area contributed by atoms with Gasteiger partial charge in [-0.2, -0.15) is 0 Å². The van der Waals surface area contributed by atoms with Crippen molar-refractivity contribution in [2.45, 2.75) is 39.8 Å². The van der Waals surface area contributed by atoms with Crippen molar-refractivity contribution in [1.29, 1.82) is 0 Å². The van der Waals surface area contributed by atoms with E-state index in [0.29, 0.717) is 19.1 Å². The summed E-state index contributed by atoms with van der Waals surface area (Å²) in [6.07, 6.45) is 0.